The minimum atomic E-state index is -0.167. The number of aliphatic imine (C=N–C) groups is 1. The molecule has 0 aromatic heterocycles. The number of hydrogen-bond acceptors (Lipinski definition) is 2. The third kappa shape index (κ3) is 0.964. The van der Waals surface area contributed by atoms with Gasteiger partial charge in [-0.2, -0.15) is 0 Å². The van der Waals surface area contributed by atoms with Gasteiger partial charge in [0.05, 0.1) is 6.26 Å². The van der Waals surface area contributed by atoms with Crippen LogP contribution in [0.25, 0.3) is 0 Å². The van der Waals surface area contributed by atoms with Crippen LogP contribution in [0.5, 0.6) is 0 Å². The summed E-state index contributed by atoms with van der Waals surface area (Å²) in [6.07, 6.45) is 6.50. The largest absolute Gasteiger partial charge is 0.473 e. The predicted octanol–water partition coefficient (Wildman–Crippen LogP) is 1.11. The van der Waals surface area contributed by atoms with Gasteiger partial charge in [-0.25, -0.2) is 4.99 Å². The van der Waals surface area contributed by atoms with E-state index >= 15 is 0 Å². The number of rotatable bonds is 1. The first-order chi connectivity index (χ1) is 3.93. The van der Waals surface area contributed by atoms with E-state index in [0.29, 0.717) is 0 Å². The molecule has 42 valence electrons. The summed E-state index contributed by atoms with van der Waals surface area (Å²) in [6, 6.07) is 0. The second-order valence-electron chi connectivity index (χ2n) is 1.39. The topological polar surface area (TPSA) is 21.6 Å². The van der Waals surface area contributed by atoms with E-state index in [1.807, 2.05) is 0 Å². The number of nitrogens with zero attached hydrogens (tertiary/aromatic N) is 1. The predicted molar refractivity (Wildman–Crippen MR) is 32.7 cm³/mol. The van der Waals surface area contributed by atoms with Crippen LogP contribution in [0.3, 0.4) is 0 Å². The highest BCUT2D eigenvalue weighted by atomic mass is 16.5. The van der Waals surface area contributed by atoms with Gasteiger partial charge in [0.1, 0.15) is 0 Å². The molecule has 0 spiro atoms. The van der Waals surface area contributed by atoms with E-state index in [1.165, 1.54) is 0 Å². The van der Waals surface area contributed by atoms with Gasteiger partial charge in [0.2, 0.25) is 6.23 Å². The number of ether oxygens (including phenoxy) is 1. The van der Waals surface area contributed by atoms with E-state index in [0.717, 1.165) is 0 Å². The van der Waals surface area contributed by atoms with Crippen molar-refractivity contribution in [1.82, 2.24) is 0 Å². The minimum absolute atomic E-state index is 0.167. The second-order valence-corrected chi connectivity index (χ2v) is 1.39. The van der Waals surface area contributed by atoms with E-state index in [9.17, 15) is 0 Å². The summed E-state index contributed by atoms with van der Waals surface area (Å²) in [6.45, 7) is 3.51. The molecule has 8 heavy (non-hydrogen) atoms. The van der Waals surface area contributed by atoms with E-state index in [4.69, 9.17) is 4.74 Å². The van der Waals surface area contributed by atoms with Gasteiger partial charge >= 0.3 is 0 Å². The molecule has 0 aromatic rings. The molecule has 1 unspecified atom stereocenters. The zero-order chi connectivity index (χ0) is 5.82. The van der Waals surface area contributed by atoms with Gasteiger partial charge in [0.15, 0.2) is 0 Å². The summed E-state index contributed by atoms with van der Waals surface area (Å²) in [4.78, 5) is 3.90. The summed E-state index contributed by atoms with van der Waals surface area (Å²) < 4.78 is 4.93. The Morgan fingerprint density at radius 3 is 3.00 bits per heavy atom. The second kappa shape index (κ2) is 2.31. The first kappa shape index (κ1) is 5.09. The Morgan fingerprint density at radius 1 is 1.75 bits per heavy atom. The molecule has 0 radical (unpaired) electrons. The molecule has 1 aliphatic rings. The lowest BCUT2D eigenvalue weighted by Gasteiger charge is -2.07. The molecule has 0 saturated heterocycles. The highest BCUT2D eigenvalue weighted by Crippen LogP contribution is 1.98. The average molecular weight is 109 g/mol. The van der Waals surface area contributed by atoms with Crippen molar-refractivity contribution < 1.29 is 4.74 Å². The zero-order valence-electron chi connectivity index (χ0n) is 4.45. The van der Waals surface area contributed by atoms with Crippen molar-refractivity contribution in [2.75, 3.05) is 0 Å². The Bertz CT molecular complexity index is 137. The van der Waals surface area contributed by atoms with Gasteiger partial charge in [-0.1, -0.05) is 6.58 Å². The van der Waals surface area contributed by atoms with Gasteiger partial charge in [-0.15, -0.1) is 0 Å². The summed E-state index contributed by atoms with van der Waals surface area (Å²) in [5.41, 5.74) is 0. The van der Waals surface area contributed by atoms with Crippen LogP contribution in [-0.2, 0) is 4.74 Å². The Hall–Kier alpha value is -1.05. The minimum Gasteiger partial charge on any atom is -0.473 e. The summed E-state index contributed by atoms with van der Waals surface area (Å²) >= 11 is 0. The maximum absolute atomic E-state index is 4.93. The maximum atomic E-state index is 4.93. The van der Waals surface area contributed by atoms with Gasteiger partial charge in [0, 0.05) is 6.21 Å². The Morgan fingerprint density at radius 2 is 2.62 bits per heavy atom. The summed E-state index contributed by atoms with van der Waals surface area (Å²) in [5.74, 6) is 0. The molecular weight excluding hydrogens is 102 g/mol. The number of hydrogen-bond donors (Lipinski definition) is 0. The third-order valence-electron chi connectivity index (χ3n) is 0.817. The molecule has 0 saturated carbocycles. The molecule has 0 fully saturated rings. The molecule has 0 N–H and O–H groups in total. The standard InChI is InChI=1S/C6H7NO/c1-2-6-7-4-3-5-8-6/h2-6H,1H2. The molecule has 2 heteroatoms. The van der Waals surface area contributed by atoms with Crippen LogP contribution < -0.4 is 0 Å². The molecule has 0 aromatic carbocycles. The van der Waals surface area contributed by atoms with Crippen LogP contribution in [0.1, 0.15) is 0 Å². The van der Waals surface area contributed by atoms with E-state index in [-0.39, 0.29) is 6.23 Å². The van der Waals surface area contributed by atoms with Crippen LogP contribution in [0.2, 0.25) is 0 Å². The van der Waals surface area contributed by atoms with Gasteiger partial charge in [-0.05, 0) is 12.2 Å². The Balaban J connectivity index is 2.51. The quantitative estimate of drug-likeness (QED) is 0.462. The molecule has 1 heterocycles. The monoisotopic (exact) mass is 109 g/mol. The van der Waals surface area contributed by atoms with Crippen molar-refractivity contribution in [3.63, 3.8) is 0 Å². The van der Waals surface area contributed by atoms with Gasteiger partial charge in [-0.3, -0.25) is 0 Å². The highest BCUT2D eigenvalue weighted by Gasteiger charge is 1.97. The fourth-order valence-corrected chi connectivity index (χ4v) is 0.447. The van der Waals surface area contributed by atoms with Crippen LogP contribution >= 0.6 is 0 Å². The van der Waals surface area contributed by atoms with Crippen molar-refractivity contribution in [3.05, 3.63) is 25.0 Å². The van der Waals surface area contributed by atoms with Crippen molar-refractivity contribution in [2.45, 2.75) is 6.23 Å². The molecule has 0 amide bonds. The van der Waals surface area contributed by atoms with E-state index < -0.39 is 0 Å². The molecule has 2 nitrogen and oxygen atoms in total. The summed E-state index contributed by atoms with van der Waals surface area (Å²) in [5, 5.41) is 0. The maximum Gasteiger partial charge on any atom is 0.207 e. The molecule has 1 rings (SSSR count). The lowest BCUT2D eigenvalue weighted by atomic mass is 10.5. The first-order valence-electron chi connectivity index (χ1n) is 2.40. The Kier molecular flexibility index (Phi) is 1.47. The molecular formula is C6H7NO. The highest BCUT2D eigenvalue weighted by molar-refractivity contribution is 5.71. The Labute approximate surface area is 48.2 Å². The average Bonchev–Trinajstić information content (AvgIpc) is 1.90. The van der Waals surface area contributed by atoms with Crippen LogP contribution in [0.4, 0.5) is 0 Å². The summed E-state index contributed by atoms with van der Waals surface area (Å²) in [7, 11) is 0. The van der Waals surface area contributed by atoms with Gasteiger partial charge in [0.25, 0.3) is 0 Å². The normalized spacial score (nSPS) is 24.8. The first-order valence-corrected chi connectivity index (χ1v) is 2.40. The van der Waals surface area contributed by atoms with E-state index in [2.05, 4.69) is 11.6 Å². The van der Waals surface area contributed by atoms with Crippen molar-refractivity contribution in [3.8, 4) is 0 Å². The van der Waals surface area contributed by atoms with Crippen LogP contribution in [-0.4, -0.2) is 12.4 Å². The number of allylic oxidation sites excluding steroid dienone is 1. The van der Waals surface area contributed by atoms with E-state index in [1.54, 1.807) is 24.6 Å². The van der Waals surface area contributed by atoms with Crippen molar-refractivity contribution in [1.29, 1.82) is 0 Å². The van der Waals surface area contributed by atoms with Gasteiger partial charge < -0.3 is 4.74 Å². The lowest BCUT2D eigenvalue weighted by molar-refractivity contribution is 0.193. The fourth-order valence-electron chi connectivity index (χ4n) is 0.447. The fraction of sp³-hybridized carbons (Fsp3) is 0.167. The van der Waals surface area contributed by atoms with Crippen molar-refractivity contribution in [2.24, 2.45) is 4.99 Å². The SMILES string of the molecule is C=CC1N=CC=CO1. The molecule has 0 aliphatic carbocycles. The molecule has 1 atom stereocenters. The molecule has 0 bridgehead atoms. The smallest absolute Gasteiger partial charge is 0.207 e. The van der Waals surface area contributed by atoms with Crippen LogP contribution in [0, 0.1) is 0 Å². The zero-order valence-corrected chi connectivity index (χ0v) is 4.45. The third-order valence-corrected chi connectivity index (χ3v) is 0.817. The van der Waals surface area contributed by atoms with Crippen LogP contribution in [0.15, 0.2) is 30.0 Å². The lowest BCUT2D eigenvalue weighted by Crippen LogP contribution is -2.03. The van der Waals surface area contributed by atoms with Crippen molar-refractivity contribution >= 4 is 6.21 Å². The molecule has 1 aliphatic heterocycles.